The van der Waals surface area contributed by atoms with Crippen LogP contribution in [0.5, 0.6) is 0 Å². The molecule has 0 aliphatic carbocycles. The van der Waals surface area contributed by atoms with Gasteiger partial charge in [0.25, 0.3) is 0 Å². The van der Waals surface area contributed by atoms with Gasteiger partial charge in [0.2, 0.25) is 5.91 Å². The van der Waals surface area contributed by atoms with Gasteiger partial charge in [-0.2, -0.15) is 15.0 Å². The summed E-state index contributed by atoms with van der Waals surface area (Å²) in [6.07, 6.45) is 3.73. The molecule has 2 aromatic heterocycles. The fraction of sp³-hybridized carbons (Fsp3) is 0.294. The van der Waals surface area contributed by atoms with E-state index in [4.69, 9.17) is 0 Å². The van der Waals surface area contributed by atoms with Crippen molar-refractivity contribution >= 4 is 16.9 Å². The smallest absolute Gasteiger partial charge is 0.246 e. The summed E-state index contributed by atoms with van der Waals surface area (Å²) >= 11 is 0. The first-order valence-electron chi connectivity index (χ1n) is 7.81. The number of carbonyl (C=O) groups is 1. The lowest BCUT2D eigenvalue weighted by Crippen LogP contribution is -2.34. The average Bonchev–Trinajstić information content (AvgIpc) is 3.22. The fourth-order valence-electron chi connectivity index (χ4n) is 3.13. The Balaban J connectivity index is 1.54. The van der Waals surface area contributed by atoms with Crippen LogP contribution < -0.4 is 0 Å². The number of nitrogens with zero attached hydrogens (tertiary/aromatic N) is 5. The average molecular weight is 307 g/mol. The second kappa shape index (κ2) is 5.79. The number of rotatable bonds is 3. The molecule has 1 amide bonds. The van der Waals surface area contributed by atoms with Crippen LogP contribution in [0.2, 0.25) is 0 Å². The van der Waals surface area contributed by atoms with Gasteiger partial charge in [-0.3, -0.25) is 9.78 Å². The van der Waals surface area contributed by atoms with E-state index in [0.29, 0.717) is 0 Å². The number of hydrogen-bond donors (Lipinski definition) is 0. The molecule has 1 unspecified atom stereocenters. The van der Waals surface area contributed by atoms with E-state index in [9.17, 15) is 4.79 Å². The number of amides is 1. The minimum Gasteiger partial charge on any atom is -0.332 e. The van der Waals surface area contributed by atoms with Crippen molar-refractivity contribution in [3.05, 3.63) is 54.4 Å². The third-order valence-electron chi connectivity index (χ3n) is 4.21. The molecule has 1 atom stereocenters. The molecule has 6 heteroatoms. The van der Waals surface area contributed by atoms with E-state index in [-0.39, 0.29) is 18.5 Å². The lowest BCUT2D eigenvalue weighted by molar-refractivity contribution is -0.133. The molecule has 0 saturated carbocycles. The van der Waals surface area contributed by atoms with Crippen LogP contribution >= 0.6 is 0 Å². The predicted octanol–water partition coefficient (Wildman–Crippen LogP) is 2.19. The Kier molecular flexibility index (Phi) is 3.49. The summed E-state index contributed by atoms with van der Waals surface area (Å²) in [5, 5.41) is 8.73. The molecule has 1 saturated heterocycles. The maximum Gasteiger partial charge on any atom is 0.246 e. The molecular formula is C17H17N5O. The van der Waals surface area contributed by atoms with Gasteiger partial charge in [-0.05, 0) is 37.1 Å². The van der Waals surface area contributed by atoms with Crippen LogP contribution in [-0.2, 0) is 11.3 Å². The Morgan fingerprint density at radius 3 is 2.52 bits per heavy atom. The summed E-state index contributed by atoms with van der Waals surface area (Å²) < 4.78 is 0. The second-order valence-corrected chi connectivity index (χ2v) is 5.72. The van der Waals surface area contributed by atoms with Gasteiger partial charge in [0.15, 0.2) is 0 Å². The summed E-state index contributed by atoms with van der Waals surface area (Å²) in [5.41, 5.74) is 2.57. The molecule has 4 rings (SSSR count). The van der Waals surface area contributed by atoms with Crippen molar-refractivity contribution in [3.63, 3.8) is 0 Å². The Bertz CT molecular complexity index is 796. The Hall–Kier alpha value is -2.76. The van der Waals surface area contributed by atoms with E-state index in [0.717, 1.165) is 36.1 Å². The molecule has 0 N–H and O–H groups in total. The van der Waals surface area contributed by atoms with Crippen molar-refractivity contribution in [2.24, 2.45) is 0 Å². The molecule has 0 bridgehead atoms. The minimum atomic E-state index is 0.0402. The highest BCUT2D eigenvalue weighted by atomic mass is 16.2. The summed E-state index contributed by atoms with van der Waals surface area (Å²) in [4.78, 5) is 20.5. The Morgan fingerprint density at radius 1 is 1.09 bits per heavy atom. The normalized spacial score (nSPS) is 17.7. The van der Waals surface area contributed by atoms with Gasteiger partial charge in [0.05, 0.1) is 11.7 Å². The summed E-state index contributed by atoms with van der Waals surface area (Å²) in [7, 11) is 0. The molecule has 0 spiro atoms. The number of pyridine rings is 1. The van der Waals surface area contributed by atoms with Crippen molar-refractivity contribution in [1.82, 2.24) is 24.9 Å². The molecule has 116 valence electrons. The maximum absolute atomic E-state index is 12.7. The number of hydrogen-bond acceptors (Lipinski definition) is 4. The third-order valence-corrected chi connectivity index (χ3v) is 4.21. The minimum absolute atomic E-state index is 0.0402. The van der Waals surface area contributed by atoms with Crippen LogP contribution in [0.4, 0.5) is 0 Å². The molecule has 23 heavy (non-hydrogen) atoms. The zero-order chi connectivity index (χ0) is 15.6. The standard InChI is InChI=1S/C17H17N5O/c23-17(12-22-19-13-6-1-2-7-14(13)20-22)21-11-5-9-16(21)15-8-3-4-10-18-15/h1-4,6-8,10,16H,5,9,11-12H2. The van der Waals surface area contributed by atoms with Crippen LogP contribution in [0.1, 0.15) is 24.6 Å². The summed E-state index contributed by atoms with van der Waals surface area (Å²) in [5.74, 6) is 0.0402. The number of fused-ring (bicyclic) bond motifs is 1. The third kappa shape index (κ3) is 2.67. The highest BCUT2D eigenvalue weighted by Gasteiger charge is 2.31. The molecular weight excluding hydrogens is 290 g/mol. The second-order valence-electron chi connectivity index (χ2n) is 5.72. The quantitative estimate of drug-likeness (QED) is 0.744. The van der Waals surface area contributed by atoms with Crippen LogP contribution in [-0.4, -0.2) is 37.3 Å². The molecule has 1 fully saturated rings. The van der Waals surface area contributed by atoms with E-state index in [2.05, 4.69) is 15.2 Å². The fourth-order valence-corrected chi connectivity index (χ4v) is 3.13. The van der Waals surface area contributed by atoms with E-state index >= 15 is 0 Å². The molecule has 3 aromatic rings. The van der Waals surface area contributed by atoms with Gasteiger partial charge in [0.1, 0.15) is 17.6 Å². The lowest BCUT2D eigenvalue weighted by Gasteiger charge is -2.24. The lowest BCUT2D eigenvalue weighted by atomic mass is 10.1. The van der Waals surface area contributed by atoms with Gasteiger partial charge in [0, 0.05) is 12.7 Å². The first-order chi connectivity index (χ1) is 11.3. The van der Waals surface area contributed by atoms with Crippen molar-refractivity contribution < 1.29 is 4.79 Å². The van der Waals surface area contributed by atoms with Gasteiger partial charge >= 0.3 is 0 Å². The first-order valence-corrected chi connectivity index (χ1v) is 7.81. The first kappa shape index (κ1) is 13.9. The summed E-state index contributed by atoms with van der Waals surface area (Å²) in [6.45, 7) is 0.929. The van der Waals surface area contributed by atoms with Gasteiger partial charge in [-0.1, -0.05) is 18.2 Å². The van der Waals surface area contributed by atoms with Crippen molar-refractivity contribution in [1.29, 1.82) is 0 Å². The van der Waals surface area contributed by atoms with Crippen molar-refractivity contribution in [2.75, 3.05) is 6.54 Å². The molecule has 1 aliphatic rings. The SMILES string of the molecule is O=C(Cn1nc2ccccc2n1)N1CCCC1c1ccccn1. The van der Waals surface area contributed by atoms with Crippen LogP contribution in [0.3, 0.4) is 0 Å². The number of aromatic nitrogens is 4. The predicted molar refractivity (Wildman–Crippen MR) is 85.5 cm³/mol. The topological polar surface area (TPSA) is 63.9 Å². The molecule has 1 aromatic carbocycles. The van der Waals surface area contributed by atoms with E-state index in [1.807, 2.05) is 47.4 Å². The van der Waals surface area contributed by atoms with E-state index in [1.54, 1.807) is 6.20 Å². The van der Waals surface area contributed by atoms with Gasteiger partial charge in [-0.15, -0.1) is 0 Å². The van der Waals surface area contributed by atoms with Crippen LogP contribution in [0.25, 0.3) is 11.0 Å². The number of likely N-dealkylation sites (tertiary alicyclic amines) is 1. The molecule has 1 aliphatic heterocycles. The number of benzene rings is 1. The van der Waals surface area contributed by atoms with Crippen molar-refractivity contribution in [3.8, 4) is 0 Å². The zero-order valence-electron chi connectivity index (χ0n) is 12.7. The largest absolute Gasteiger partial charge is 0.332 e. The number of carbonyl (C=O) groups excluding carboxylic acids is 1. The Labute approximate surface area is 133 Å². The maximum atomic E-state index is 12.7. The molecule has 6 nitrogen and oxygen atoms in total. The van der Waals surface area contributed by atoms with Gasteiger partial charge in [-0.25, -0.2) is 0 Å². The monoisotopic (exact) mass is 307 g/mol. The molecule has 0 radical (unpaired) electrons. The van der Waals surface area contributed by atoms with Crippen LogP contribution in [0.15, 0.2) is 48.7 Å². The van der Waals surface area contributed by atoms with Crippen molar-refractivity contribution in [2.45, 2.75) is 25.4 Å². The summed E-state index contributed by atoms with van der Waals surface area (Å²) in [6, 6.07) is 13.5. The highest BCUT2D eigenvalue weighted by Crippen LogP contribution is 2.30. The van der Waals surface area contributed by atoms with Crippen LogP contribution in [0, 0.1) is 0 Å². The zero-order valence-corrected chi connectivity index (χ0v) is 12.7. The molecule has 3 heterocycles. The Morgan fingerprint density at radius 2 is 1.83 bits per heavy atom. The van der Waals surface area contributed by atoms with E-state index in [1.165, 1.54) is 4.80 Å². The van der Waals surface area contributed by atoms with Gasteiger partial charge < -0.3 is 4.90 Å². The highest BCUT2D eigenvalue weighted by molar-refractivity contribution is 5.77. The van der Waals surface area contributed by atoms with E-state index < -0.39 is 0 Å².